The normalized spacial score (nSPS) is 10.5. The van der Waals surface area contributed by atoms with Gasteiger partial charge in [-0.3, -0.25) is 15.0 Å². The minimum absolute atomic E-state index is 0.817. The highest BCUT2D eigenvalue weighted by Gasteiger charge is 2.10. The summed E-state index contributed by atoms with van der Waals surface area (Å²) in [4.78, 5) is 17.8. The number of nitrogens with zero attached hydrogens (tertiary/aromatic N) is 4. The lowest BCUT2D eigenvalue weighted by atomic mass is 10.0. The Labute approximate surface area is 139 Å². The standard InChI is InChI=1S/C20H14N4/c1-3-10-22-17(7-1)19-12-16(15-6-5-9-21-14-15)13-20(24-19)18-8-2-4-11-23-18/h1-14H. The molecule has 4 aromatic rings. The van der Waals surface area contributed by atoms with Crippen LogP contribution < -0.4 is 0 Å². The Bertz CT molecular complexity index is 799. The van der Waals surface area contributed by atoms with Crippen LogP contribution in [0.4, 0.5) is 0 Å². The Hall–Kier alpha value is -3.40. The van der Waals surface area contributed by atoms with E-state index in [9.17, 15) is 0 Å². The molecular weight excluding hydrogens is 296 g/mol. The SMILES string of the molecule is c1ccc(-c2cc(-c3cccnc3)cc(-c3ccccn3)n2)nc1. The molecule has 0 bridgehead atoms. The van der Waals surface area contributed by atoms with Gasteiger partial charge in [0.2, 0.25) is 0 Å². The fraction of sp³-hybridized carbons (Fsp3) is 0. The van der Waals surface area contributed by atoms with Gasteiger partial charge in [-0.2, -0.15) is 0 Å². The zero-order valence-corrected chi connectivity index (χ0v) is 12.9. The maximum absolute atomic E-state index is 4.75. The topological polar surface area (TPSA) is 51.6 Å². The molecule has 4 nitrogen and oxygen atoms in total. The minimum Gasteiger partial charge on any atom is -0.264 e. The van der Waals surface area contributed by atoms with Crippen LogP contribution in [-0.4, -0.2) is 19.9 Å². The first-order valence-electron chi connectivity index (χ1n) is 7.65. The summed E-state index contributed by atoms with van der Waals surface area (Å²) in [7, 11) is 0. The van der Waals surface area contributed by atoms with Crippen molar-refractivity contribution in [2.75, 3.05) is 0 Å². The van der Waals surface area contributed by atoms with Gasteiger partial charge in [-0.05, 0) is 48.0 Å². The lowest BCUT2D eigenvalue weighted by Gasteiger charge is -2.09. The largest absolute Gasteiger partial charge is 0.264 e. The van der Waals surface area contributed by atoms with Crippen molar-refractivity contribution in [2.45, 2.75) is 0 Å². The van der Waals surface area contributed by atoms with Gasteiger partial charge in [0.15, 0.2) is 0 Å². The summed E-state index contributed by atoms with van der Waals surface area (Å²) in [5, 5.41) is 0. The van der Waals surface area contributed by atoms with E-state index in [4.69, 9.17) is 4.98 Å². The molecule has 4 heteroatoms. The lowest BCUT2D eigenvalue weighted by Crippen LogP contribution is -1.93. The first-order chi connectivity index (χ1) is 11.9. The Morgan fingerprint density at radius 3 is 1.71 bits per heavy atom. The van der Waals surface area contributed by atoms with Crippen molar-refractivity contribution in [3.05, 3.63) is 85.5 Å². The van der Waals surface area contributed by atoms with Crippen LogP contribution in [0.1, 0.15) is 0 Å². The molecule has 4 aromatic heterocycles. The number of rotatable bonds is 3. The van der Waals surface area contributed by atoms with Crippen LogP contribution in [0.3, 0.4) is 0 Å². The second kappa shape index (κ2) is 6.38. The van der Waals surface area contributed by atoms with E-state index in [2.05, 4.69) is 15.0 Å². The fourth-order valence-corrected chi connectivity index (χ4v) is 2.52. The minimum atomic E-state index is 0.817. The average molecular weight is 310 g/mol. The van der Waals surface area contributed by atoms with E-state index < -0.39 is 0 Å². The maximum Gasteiger partial charge on any atom is 0.0900 e. The second-order valence-corrected chi connectivity index (χ2v) is 5.30. The third kappa shape index (κ3) is 2.90. The van der Waals surface area contributed by atoms with Gasteiger partial charge in [0.1, 0.15) is 0 Å². The summed E-state index contributed by atoms with van der Waals surface area (Å²) in [5.74, 6) is 0. The van der Waals surface area contributed by atoms with Gasteiger partial charge < -0.3 is 0 Å². The first-order valence-corrected chi connectivity index (χ1v) is 7.65. The van der Waals surface area contributed by atoms with Gasteiger partial charge in [0.25, 0.3) is 0 Å². The zero-order valence-electron chi connectivity index (χ0n) is 12.9. The van der Waals surface area contributed by atoms with Crippen molar-refractivity contribution in [1.82, 2.24) is 19.9 Å². The first kappa shape index (κ1) is 14.2. The van der Waals surface area contributed by atoms with E-state index in [1.807, 2.05) is 66.9 Å². The molecule has 24 heavy (non-hydrogen) atoms. The summed E-state index contributed by atoms with van der Waals surface area (Å²) in [6.07, 6.45) is 7.16. The molecule has 4 heterocycles. The van der Waals surface area contributed by atoms with Gasteiger partial charge >= 0.3 is 0 Å². The van der Waals surface area contributed by atoms with Crippen LogP contribution in [0.2, 0.25) is 0 Å². The van der Waals surface area contributed by atoms with Gasteiger partial charge in [0, 0.05) is 30.4 Å². The molecule has 0 spiro atoms. The Morgan fingerprint density at radius 2 is 1.21 bits per heavy atom. The summed E-state index contributed by atoms with van der Waals surface area (Å²) in [6, 6.07) is 19.7. The predicted octanol–water partition coefficient (Wildman–Crippen LogP) is 4.27. The van der Waals surface area contributed by atoms with E-state index in [0.717, 1.165) is 33.9 Å². The van der Waals surface area contributed by atoms with E-state index in [-0.39, 0.29) is 0 Å². The summed E-state index contributed by atoms with van der Waals surface area (Å²) >= 11 is 0. The molecule has 0 unspecified atom stereocenters. The zero-order chi connectivity index (χ0) is 16.2. The fourth-order valence-electron chi connectivity index (χ4n) is 2.52. The molecule has 4 rings (SSSR count). The highest BCUT2D eigenvalue weighted by molar-refractivity contribution is 5.74. The van der Waals surface area contributed by atoms with E-state index >= 15 is 0 Å². The van der Waals surface area contributed by atoms with Crippen LogP contribution in [-0.2, 0) is 0 Å². The number of aromatic nitrogens is 4. The van der Waals surface area contributed by atoms with E-state index in [1.165, 1.54) is 0 Å². The molecule has 0 radical (unpaired) electrons. The molecule has 0 atom stereocenters. The molecule has 0 aliphatic carbocycles. The molecule has 0 fully saturated rings. The molecule has 0 aliphatic rings. The lowest BCUT2D eigenvalue weighted by molar-refractivity contribution is 1.22. The number of pyridine rings is 4. The van der Waals surface area contributed by atoms with Gasteiger partial charge in [-0.25, -0.2) is 4.98 Å². The van der Waals surface area contributed by atoms with Crippen molar-refractivity contribution < 1.29 is 0 Å². The smallest absolute Gasteiger partial charge is 0.0900 e. The third-order valence-electron chi connectivity index (χ3n) is 3.67. The molecule has 114 valence electrons. The van der Waals surface area contributed by atoms with Gasteiger partial charge in [-0.15, -0.1) is 0 Å². The predicted molar refractivity (Wildman–Crippen MR) is 93.9 cm³/mol. The van der Waals surface area contributed by atoms with Crippen LogP contribution in [0.15, 0.2) is 85.5 Å². The summed E-state index contributed by atoms with van der Waals surface area (Å²) in [6.45, 7) is 0. The van der Waals surface area contributed by atoms with E-state index in [1.54, 1.807) is 18.6 Å². The Morgan fingerprint density at radius 1 is 0.542 bits per heavy atom. The summed E-state index contributed by atoms with van der Waals surface area (Å²) < 4.78 is 0. The quantitative estimate of drug-likeness (QED) is 0.567. The van der Waals surface area contributed by atoms with Crippen LogP contribution in [0, 0.1) is 0 Å². The second-order valence-electron chi connectivity index (χ2n) is 5.30. The number of hydrogen-bond donors (Lipinski definition) is 0. The van der Waals surface area contributed by atoms with Crippen molar-refractivity contribution in [1.29, 1.82) is 0 Å². The molecule has 0 N–H and O–H groups in total. The highest BCUT2D eigenvalue weighted by atomic mass is 14.8. The van der Waals surface area contributed by atoms with Gasteiger partial charge in [-0.1, -0.05) is 18.2 Å². The number of hydrogen-bond acceptors (Lipinski definition) is 4. The van der Waals surface area contributed by atoms with Crippen LogP contribution >= 0.6 is 0 Å². The van der Waals surface area contributed by atoms with Crippen molar-refractivity contribution in [3.8, 4) is 33.9 Å². The van der Waals surface area contributed by atoms with Crippen molar-refractivity contribution >= 4 is 0 Å². The molecule has 0 saturated carbocycles. The molecule has 0 aliphatic heterocycles. The third-order valence-corrected chi connectivity index (χ3v) is 3.67. The Kier molecular flexibility index (Phi) is 3.78. The molecular formula is C20H14N4. The van der Waals surface area contributed by atoms with Crippen LogP contribution in [0.5, 0.6) is 0 Å². The molecule has 0 saturated heterocycles. The van der Waals surface area contributed by atoms with E-state index in [0.29, 0.717) is 0 Å². The average Bonchev–Trinajstić information content (AvgIpc) is 2.70. The Balaban J connectivity index is 1.92. The van der Waals surface area contributed by atoms with Crippen LogP contribution in [0.25, 0.3) is 33.9 Å². The molecule has 0 aromatic carbocycles. The monoisotopic (exact) mass is 310 g/mol. The summed E-state index contributed by atoms with van der Waals surface area (Å²) in [5.41, 5.74) is 5.38. The van der Waals surface area contributed by atoms with Crippen molar-refractivity contribution in [2.24, 2.45) is 0 Å². The van der Waals surface area contributed by atoms with Gasteiger partial charge in [0.05, 0.1) is 22.8 Å². The maximum atomic E-state index is 4.75. The highest BCUT2D eigenvalue weighted by Crippen LogP contribution is 2.28. The molecule has 0 amide bonds. The van der Waals surface area contributed by atoms with Crippen molar-refractivity contribution in [3.63, 3.8) is 0 Å².